The zero-order chi connectivity index (χ0) is 37.3. The van der Waals surface area contributed by atoms with E-state index in [4.69, 9.17) is 9.41 Å². The average molecular weight is 717 g/mol. The summed E-state index contributed by atoms with van der Waals surface area (Å²) >= 11 is 0. The van der Waals surface area contributed by atoms with Crippen LogP contribution in [0.3, 0.4) is 0 Å². The lowest BCUT2D eigenvalue weighted by molar-refractivity contribution is 0.666. The van der Waals surface area contributed by atoms with E-state index in [0.717, 1.165) is 66.8 Å². The highest BCUT2D eigenvalue weighted by Crippen LogP contribution is 2.50. The molecule has 0 amide bonds. The number of hydrogen-bond donors (Lipinski definition) is 0. The molecule has 3 heteroatoms. The number of furan rings is 1. The van der Waals surface area contributed by atoms with Crippen LogP contribution in [0.15, 0.2) is 198 Å². The minimum Gasteiger partial charge on any atom is -0.454 e. The lowest BCUT2D eigenvalue weighted by Gasteiger charge is -2.18. The normalized spacial score (nSPS) is 12.8. The number of nitrogens with zero attached hydrogens (tertiary/aromatic N) is 2. The lowest BCUT2D eigenvalue weighted by atomic mass is 9.87. The number of aromatic nitrogens is 1. The Hall–Kier alpha value is -7.23. The summed E-state index contributed by atoms with van der Waals surface area (Å²) in [4.78, 5) is 5.18. The molecular formula is C53H36N2O. The maximum absolute atomic E-state index is 7.01. The van der Waals surface area contributed by atoms with Gasteiger partial charge in [-0.3, -0.25) is 4.99 Å². The van der Waals surface area contributed by atoms with Crippen molar-refractivity contribution in [3.63, 3.8) is 0 Å². The first-order chi connectivity index (χ1) is 27.6. The van der Waals surface area contributed by atoms with Crippen LogP contribution in [0.25, 0.3) is 77.4 Å². The van der Waals surface area contributed by atoms with Gasteiger partial charge in [-0.2, -0.15) is 0 Å². The van der Waals surface area contributed by atoms with Gasteiger partial charge in [0.2, 0.25) is 0 Å². The van der Waals surface area contributed by atoms with Crippen LogP contribution in [0, 0.1) is 0 Å². The second kappa shape index (κ2) is 12.7. The fourth-order valence-electron chi connectivity index (χ4n) is 9.10. The summed E-state index contributed by atoms with van der Waals surface area (Å²) in [5.41, 5.74) is 17.4. The summed E-state index contributed by atoms with van der Waals surface area (Å²) in [7, 11) is 0. The van der Waals surface area contributed by atoms with Gasteiger partial charge in [0.1, 0.15) is 5.58 Å². The van der Waals surface area contributed by atoms with E-state index >= 15 is 0 Å². The number of fused-ring (bicyclic) bond motifs is 9. The summed E-state index contributed by atoms with van der Waals surface area (Å²) in [6.07, 6.45) is 0. The van der Waals surface area contributed by atoms with E-state index in [1.54, 1.807) is 0 Å². The van der Waals surface area contributed by atoms with Crippen molar-refractivity contribution >= 4 is 55.2 Å². The Morgan fingerprint density at radius 3 is 1.89 bits per heavy atom. The van der Waals surface area contributed by atoms with Crippen LogP contribution in [0.4, 0.5) is 0 Å². The molecule has 3 nitrogen and oxygen atoms in total. The monoisotopic (exact) mass is 716 g/mol. The Morgan fingerprint density at radius 2 is 1.18 bits per heavy atom. The summed E-state index contributed by atoms with van der Waals surface area (Å²) in [6, 6.07) is 65.1. The Kier molecular flexibility index (Phi) is 7.30. The SMILES string of the molecule is C=C(N=C(C)c1cccc2oc3c(-n4c5ccccc5c5ccccc54)cc(C4c5ccccc5-c5ccccc54)cc3c12)c1cccc(-c2ccccc2)c1. The highest BCUT2D eigenvalue weighted by molar-refractivity contribution is 6.20. The van der Waals surface area contributed by atoms with Crippen molar-refractivity contribution < 1.29 is 4.42 Å². The van der Waals surface area contributed by atoms with Crippen LogP contribution >= 0.6 is 0 Å². The van der Waals surface area contributed by atoms with Crippen LogP contribution in [-0.2, 0) is 0 Å². The van der Waals surface area contributed by atoms with Gasteiger partial charge in [0, 0.05) is 44.3 Å². The van der Waals surface area contributed by atoms with Gasteiger partial charge in [0.05, 0.1) is 22.4 Å². The maximum atomic E-state index is 7.01. The van der Waals surface area contributed by atoms with Crippen LogP contribution in [0.5, 0.6) is 0 Å². The van der Waals surface area contributed by atoms with Gasteiger partial charge in [-0.1, -0.05) is 152 Å². The molecule has 0 bridgehead atoms. The molecule has 264 valence electrons. The van der Waals surface area contributed by atoms with Gasteiger partial charge in [-0.25, -0.2) is 0 Å². The predicted octanol–water partition coefficient (Wildman–Crippen LogP) is 14.0. The summed E-state index contributed by atoms with van der Waals surface area (Å²) < 4.78 is 9.41. The zero-order valence-electron chi connectivity index (χ0n) is 30.9. The quantitative estimate of drug-likeness (QED) is 0.158. The molecule has 2 aromatic heterocycles. The molecule has 0 N–H and O–H groups in total. The van der Waals surface area contributed by atoms with Gasteiger partial charge in [-0.15, -0.1) is 0 Å². The molecule has 1 aliphatic carbocycles. The molecule has 0 atom stereocenters. The molecule has 56 heavy (non-hydrogen) atoms. The highest BCUT2D eigenvalue weighted by Gasteiger charge is 2.31. The summed E-state index contributed by atoms with van der Waals surface area (Å²) in [5.74, 6) is 0.0576. The number of rotatable bonds is 6. The molecule has 11 rings (SSSR count). The fourth-order valence-corrected chi connectivity index (χ4v) is 9.10. The number of benzene rings is 8. The van der Waals surface area contributed by atoms with Gasteiger partial charge in [-0.05, 0) is 82.3 Å². The minimum absolute atomic E-state index is 0.0576. The van der Waals surface area contributed by atoms with Gasteiger partial charge < -0.3 is 8.98 Å². The minimum atomic E-state index is 0.0576. The topological polar surface area (TPSA) is 30.4 Å². The van der Waals surface area contributed by atoms with E-state index in [2.05, 4.69) is 194 Å². The van der Waals surface area contributed by atoms with Crippen LogP contribution in [0.2, 0.25) is 0 Å². The molecule has 0 fully saturated rings. The average Bonchev–Trinajstić information content (AvgIpc) is 3.92. The zero-order valence-corrected chi connectivity index (χ0v) is 30.9. The second-order valence-corrected chi connectivity index (χ2v) is 14.8. The Labute approximate surface area is 325 Å². The molecule has 8 aromatic carbocycles. The Bertz CT molecular complexity index is 3130. The first kappa shape index (κ1) is 32.2. The first-order valence-electron chi connectivity index (χ1n) is 19.2. The van der Waals surface area contributed by atoms with Crippen molar-refractivity contribution in [1.29, 1.82) is 0 Å². The van der Waals surface area contributed by atoms with Crippen molar-refractivity contribution in [2.45, 2.75) is 12.8 Å². The van der Waals surface area contributed by atoms with E-state index in [0.29, 0.717) is 0 Å². The largest absolute Gasteiger partial charge is 0.454 e. The van der Waals surface area contributed by atoms with E-state index in [1.165, 1.54) is 44.2 Å². The fraction of sp³-hybridized carbons (Fsp3) is 0.0377. The number of aliphatic imine (C=N–C) groups is 1. The first-order valence-corrected chi connectivity index (χ1v) is 19.2. The molecular weight excluding hydrogens is 681 g/mol. The van der Waals surface area contributed by atoms with Crippen molar-refractivity contribution in [3.05, 3.63) is 216 Å². The van der Waals surface area contributed by atoms with Gasteiger partial charge in [0.15, 0.2) is 5.58 Å². The molecule has 10 aromatic rings. The summed E-state index contributed by atoms with van der Waals surface area (Å²) in [6.45, 7) is 6.54. The molecule has 0 spiro atoms. The molecule has 1 aliphatic rings. The van der Waals surface area contributed by atoms with Crippen molar-refractivity contribution in [2.24, 2.45) is 4.99 Å². The summed E-state index contributed by atoms with van der Waals surface area (Å²) in [5, 5.41) is 4.55. The van der Waals surface area contributed by atoms with Gasteiger partial charge in [0.25, 0.3) is 0 Å². The van der Waals surface area contributed by atoms with Crippen LogP contribution in [-0.4, -0.2) is 10.3 Å². The second-order valence-electron chi connectivity index (χ2n) is 14.8. The molecule has 2 heterocycles. The standard InChI is InChI=1S/C53H36N2O/c1-33(36-18-14-19-37(30-36)35-16-4-3-5-17-35)54-34(2)39-26-15-29-50-52(39)46-31-38(51-44-24-8-6-20-40(44)41-21-7-9-25-45(41)51)32-49(53(46)56-50)55-47-27-12-10-22-42(47)43-23-11-13-28-48(43)55/h3-32,51H,1H2,2H3. The molecule has 0 unspecified atom stereocenters. The van der Waals surface area contributed by atoms with E-state index in [9.17, 15) is 0 Å². The Balaban J connectivity index is 1.16. The lowest BCUT2D eigenvalue weighted by Crippen LogP contribution is -2.03. The molecule has 0 aliphatic heterocycles. The van der Waals surface area contributed by atoms with E-state index < -0.39 is 0 Å². The van der Waals surface area contributed by atoms with Crippen LogP contribution < -0.4 is 0 Å². The third kappa shape index (κ3) is 4.94. The molecule has 0 saturated carbocycles. The van der Waals surface area contributed by atoms with Crippen molar-refractivity contribution in [2.75, 3.05) is 0 Å². The number of hydrogen-bond acceptors (Lipinski definition) is 2. The van der Waals surface area contributed by atoms with E-state index in [-0.39, 0.29) is 5.92 Å². The van der Waals surface area contributed by atoms with E-state index in [1.807, 2.05) is 6.07 Å². The molecule has 0 saturated heterocycles. The third-order valence-corrected chi connectivity index (χ3v) is 11.6. The van der Waals surface area contributed by atoms with Gasteiger partial charge >= 0.3 is 0 Å². The third-order valence-electron chi connectivity index (χ3n) is 11.6. The predicted molar refractivity (Wildman–Crippen MR) is 234 cm³/mol. The number of para-hydroxylation sites is 2. The Morgan fingerprint density at radius 1 is 0.571 bits per heavy atom. The smallest absolute Gasteiger partial charge is 0.159 e. The maximum Gasteiger partial charge on any atom is 0.159 e. The van der Waals surface area contributed by atoms with Crippen molar-refractivity contribution in [3.8, 4) is 27.9 Å². The van der Waals surface area contributed by atoms with Crippen LogP contribution in [0.1, 0.15) is 40.7 Å². The van der Waals surface area contributed by atoms with Crippen molar-refractivity contribution in [1.82, 2.24) is 4.57 Å². The highest BCUT2D eigenvalue weighted by atomic mass is 16.3. The molecule has 0 radical (unpaired) electrons.